The number of pyridine rings is 1. The number of hydrogen-bond donors (Lipinski definition) is 0. The zero-order valence-electron chi connectivity index (χ0n) is 15.2. The molecule has 0 unspecified atom stereocenters. The van der Waals surface area contributed by atoms with E-state index in [1.807, 2.05) is 30.5 Å². The first-order chi connectivity index (χ1) is 13.4. The lowest BCUT2D eigenvalue weighted by molar-refractivity contribution is 0.427. The molecule has 0 fully saturated rings. The molecule has 3 rings (SSSR count). The van der Waals surface area contributed by atoms with Crippen LogP contribution in [0.25, 0.3) is 0 Å². The maximum atomic E-state index is 9.23. The van der Waals surface area contributed by atoms with Gasteiger partial charge in [-0.25, -0.2) is 0 Å². The number of nitriles is 1. The molecular formula is C23H22N4. The van der Waals surface area contributed by atoms with Crippen molar-refractivity contribution >= 4 is 5.84 Å². The number of aliphatic imine (C=N–C) groups is 1. The SMILES string of the molecule is N#CN=C(c1cccnc1)N(CCc1ccccc1)CCc1ccccc1. The van der Waals surface area contributed by atoms with Crippen molar-refractivity contribution in [2.45, 2.75) is 12.8 Å². The zero-order valence-corrected chi connectivity index (χ0v) is 15.2. The second-order valence-electron chi connectivity index (χ2n) is 6.24. The first-order valence-corrected chi connectivity index (χ1v) is 9.07. The Morgan fingerprint density at radius 2 is 1.44 bits per heavy atom. The Kier molecular flexibility index (Phi) is 6.72. The molecule has 0 saturated carbocycles. The minimum absolute atomic E-state index is 0.678. The Labute approximate surface area is 160 Å². The van der Waals surface area contributed by atoms with Crippen LogP contribution < -0.4 is 0 Å². The van der Waals surface area contributed by atoms with E-state index in [4.69, 9.17) is 0 Å². The summed E-state index contributed by atoms with van der Waals surface area (Å²) >= 11 is 0. The van der Waals surface area contributed by atoms with E-state index in [1.165, 1.54) is 11.1 Å². The van der Waals surface area contributed by atoms with E-state index in [0.717, 1.165) is 31.5 Å². The van der Waals surface area contributed by atoms with Gasteiger partial charge >= 0.3 is 0 Å². The number of rotatable bonds is 7. The van der Waals surface area contributed by atoms with Crippen LogP contribution in [0.15, 0.2) is 90.2 Å². The van der Waals surface area contributed by atoms with Gasteiger partial charge in [-0.2, -0.15) is 10.3 Å². The topological polar surface area (TPSA) is 52.3 Å². The lowest BCUT2D eigenvalue weighted by Crippen LogP contribution is -2.35. The predicted molar refractivity (Wildman–Crippen MR) is 108 cm³/mol. The van der Waals surface area contributed by atoms with E-state index in [2.05, 4.69) is 63.4 Å². The summed E-state index contributed by atoms with van der Waals surface area (Å²) < 4.78 is 0. The van der Waals surface area contributed by atoms with Crippen LogP contribution >= 0.6 is 0 Å². The van der Waals surface area contributed by atoms with Gasteiger partial charge in [0.2, 0.25) is 6.19 Å². The number of aromatic nitrogens is 1. The summed E-state index contributed by atoms with van der Waals surface area (Å²) in [6.07, 6.45) is 7.23. The molecule has 0 aliphatic carbocycles. The van der Waals surface area contributed by atoms with Crippen molar-refractivity contribution in [2.24, 2.45) is 4.99 Å². The van der Waals surface area contributed by atoms with Gasteiger partial charge in [-0.3, -0.25) is 4.98 Å². The predicted octanol–water partition coefficient (Wildman–Crippen LogP) is 4.10. The first-order valence-electron chi connectivity index (χ1n) is 9.07. The average Bonchev–Trinajstić information content (AvgIpc) is 2.75. The van der Waals surface area contributed by atoms with Gasteiger partial charge < -0.3 is 4.90 Å². The maximum absolute atomic E-state index is 9.23. The molecule has 134 valence electrons. The van der Waals surface area contributed by atoms with Crippen molar-refractivity contribution in [3.05, 3.63) is 102 Å². The summed E-state index contributed by atoms with van der Waals surface area (Å²) in [7, 11) is 0. The third-order valence-electron chi connectivity index (χ3n) is 4.40. The van der Waals surface area contributed by atoms with E-state index in [0.29, 0.717) is 5.84 Å². The molecule has 0 spiro atoms. The molecule has 0 radical (unpaired) electrons. The highest BCUT2D eigenvalue weighted by molar-refractivity contribution is 5.99. The summed E-state index contributed by atoms with van der Waals surface area (Å²) in [6, 6.07) is 24.6. The van der Waals surface area contributed by atoms with Crippen molar-refractivity contribution in [1.29, 1.82) is 5.26 Å². The molecule has 0 N–H and O–H groups in total. The van der Waals surface area contributed by atoms with Crippen LogP contribution in [0, 0.1) is 11.5 Å². The van der Waals surface area contributed by atoms with Crippen LogP contribution in [0.2, 0.25) is 0 Å². The second-order valence-corrected chi connectivity index (χ2v) is 6.24. The average molecular weight is 354 g/mol. The van der Waals surface area contributed by atoms with Gasteiger partial charge in [-0.05, 0) is 36.1 Å². The Balaban J connectivity index is 1.80. The fourth-order valence-electron chi connectivity index (χ4n) is 3.00. The number of hydrogen-bond acceptors (Lipinski definition) is 3. The summed E-state index contributed by atoms with van der Waals surface area (Å²) in [4.78, 5) is 10.5. The third kappa shape index (κ3) is 5.52. The smallest absolute Gasteiger partial charge is 0.207 e. The van der Waals surface area contributed by atoms with E-state index in [1.54, 1.807) is 12.4 Å². The Morgan fingerprint density at radius 1 is 0.852 bits per heavy atom. The highest BCUT2D eigenvalue weighted by Gasteiger charge is 2.14. The van der Waals surface area contributed by atoms with Gasteiger partial charge in [0.15, 0.2) is 0 Å². The minimum atomic E-state index is 0.678. The van der Waals surface area contributed by atoms with Gasteiger partial charge in [0, 0.05) is 31.0 Å². The van der Waals surface area contributed by atoms with Crippen LogP contribution in [-0.4, -0.2) is 28.8 Å². The molecular weight excluding hydrogens is 332 g/mol. The number of benzene rings is 2. The Bertz CT molecular complexity index is 840. The molecule has 1 aromatic heterocycles. The minimum Gasteiger partial charge on any atom is -0.355 e. The first kappa shape index (κ1) is 18.3. The number of amidine groups is 1. The van der Waals surface area contributed by atoms with E-state index in [-0.39, 0.29) is 0 Å². The van der Waals surface area contributed by atoms with E-state index < -0.39 is 0 Å². The second kappa shape index (κ2) is 9.88. The molecule has 4 nitrogen and oxygen atoms in total. The summed E-state index contributed by atoms with van der Waals surface area (Å²) in [5, 5.41) is 9.23. The molecule has 0 aliphatic heterocycles. The molecule has 27 heavy (non-hydrogen) atoms. The van der Waals surface area contributed by atoms with Crippen LogP contribution in [0.5, 0.6) is 0 Å². The molecule has 3 aromatic rings. The Morgan fingerprint density at radius 3 is 1.93 bits per heavy atom. The maximum Gasteiger partial charge on any atom is 0.207 e. The molecule has 0 aliphatic rings. The fraction of sp³-hybridized carbons (Fsp3) is 0.174. The van der Waals surface area contributed by atoms with Crippen molar-refractivity contribution in [1.82, 2.24) is 9.88 Å². The van der Waals surface area contributed by atoms with Crippen LogP contribution in [0.4, 0.5) is 0 Å². The normalized spacial score (nSPS) is 11.0. The summed E-state index contributed by atoms with van der Waals surface area (Å²) in [6.45, 7) is 1.57. The van der Waals surface area contributed by atoms with Crippen LogP contribution in [0.3, 0.4) is 0 Å². The molecule has 0 bridgehead atoms. The molecule has 2 aromatic carbocycles. The fourth-order valence-corrected chi connectivity index (χ4v) is 3.00. The van der Waals surface area contributed by atoms with Crippen molar-refractivity contribution in [2.75, 3.05) is 13.1 Å². The number of nitrogens with zero attached hydrogens (tertiary/aromatic N) is 4. The van der Waals surface area contributed by atoms with Crippen molar-refractivity contribution < 1.29 is 0 Å². The zero-order chi connectivity index (χ0) is 18.7. The third-order valence-corrected chi connectivity index (χ3v) is 4.40. The van der Waals surface area contributed by atoms with E-state index >= 15 is 0 Å². The van der Waals surface area contributed by atoms with Gasteiger partial charge in [0.25, 0.3) is 0 Å². The molecule has 0 atom stereocenters. The largest absolute Gasteiger partial charge is 0.355 e. The summed E-state index contributed by atoms with van der Waals surface area (Å²) in [5.41, 5.74) is 3.40. The van der Waals surface area contributed by atoms with Gasteiger partial charge in [-0.15, -0.1) is 0 Å². The van der Waals surface area contributed by atoms with Crippen LogP contribution in [-0.2, 0) is 12.8 Å². The Hall–Kier alpha value is -3.45. The highest BCUT2D eigenvalue weighted by atomic mass is 15.2. The van der Waals surface area contributed by atoms with Crippen molar-refractivity contribution in [3.8, 4) is 6.19 Å². The molecule has 4 heteroatoms. The summed E-state index contributed by atoms with van der Waals surface area (Å²) in [5.74, 6) is 0.678. The highest BCUT2D eigenvalue weighted by Crippen LogP contribution is 2.10. The van der Waals surface area contributed by atoms with Gasteiger partial charge in [0.1, 0.15) is 5.84 Å². The quantitative estimate of drug-likeness (QED) is 0.365. The van der Waals surface area contributed by atoms with Crippen molar-refractivity contribution in [3.63, 3.8) is 0 Å². The van der Waals surface area contributed by atoms with Crippen LogP contribution in [0.1, 0.15) is 16.7 Å². The molecule has 0 saturated heterocycles. The standard InChI is InChI=1S/C23H22N4/c24-19-26-23(22-12-7-15-25-18-22)27(16-13-20-8-3-1-4-9-20)17-14-21-10-5-2-6-11-21/h1-12,15,18H,13-14,16-17H2. The lowest BCUT2D eigenvalue weighted by Gasteiger charge is -2.26. The van der Waals surface area contributed by atoms with Gasteiger partial charge in [-0.1, -0.05) is 60.7 Å². The van der Waals surface area contributed by atoms with Gasteiger partial charge in [0.05, 0.1) is 0 Å². The van der Waals surface area contributed by atoms with E-state index in [9.17, 15) is 5.26 Å². The molecule has 1 heterocycles. The monoisotopic (exact) mass is 354 g/mol. The molecule has 0 amide bonds. The lowest BCUT2D eigenvalue weighted by atomic mass is 10.1.